The number of hydrogen-bond acceptors (Lipinski definition) is 3. The molecule has 26 heavy (non-hydrogen) atoms. The number of rotatable bonds is 4. The van der Waals surface area contributed by atoms with Crippen LogP contribution in [0.25, 0.3) is 5.69 Å². The van der Waals surface area contributed by atoms with Crippen LogP contribution in [0.1, 0.15) is 41.9 Å². The van der Waals surface area contributed by atoms with E-state index in [4.69, 9.17) is 0 Å². The molecule has 0 N–H and O–H groups in total. The van der Waals surface area contributed by atoms with Crippen molar-refractivity contribution in [2.45, 2.75) is 32.2 Å². The molecule has 1 amide bonds. The predicted octanol–water partition coefficient (Wildman–Crippen LogP) is 3.11. The smallest absolute Gasteiger partial charge is 0.257 e. The molecule has 1 fully saturated rings. The molecule has 1 aliphatic heterocycles. The molecule has 1 aliphatic rings. The Morgan fingerprint density at radius 3 is 2.85 bits per heavy atom. The summed E-state index contributed by atoms with van der Waals surface area (Å²) in [6.07, 6.45) is 10.2. The van der Waals surface area contributed by atoms with Gasteiger partial charge in [0.15, 0.2) is 0 Å². The molecule has 0 radical (unpaired) electrons. The third kappa shape index (κ3) is 3.03. The molecule has 2 aromatic heterocycles. The summed E-state index contributed by atoms with van der Waals surface area (Å²) < 4.78 is 3.98. The predicted molar refractivity (Wildman–Crippen MR) is 99.3 cm³/mol. The Morgan fingerprint density at radius 1 is 1.27 bits per heavy atom. The van der Waals surface area contributed by atoms with Crippen LogP contribution in [-0.2, 0) is 6.42 Å². The van der Waals surface area contributed by atoms with E-state index in [0.717, 1.165) is 43.7 Å². The van der Waals surface area contributed by atoms with Gasteiger partial charge in [0.25, 0.3) is 5.91 Å². The van der Waals surface area contributed by atoms with Gasteiger partial charge in [0.1, 0.15) is 0 Å². The highest BCUT2D eigenvalue weighted by atomic mass is 16.2. The highest BCUT2D eigenvalue weighted by Gasteiger charge is 2.28. The molecule has 4 rings (SSSR count). The Kier molecular flexibility index (Phi) is 4.56. The number of likely N-dealkylation sites (tertiary alicyclic amines) is 1. The van der Waals surface area contributed by atoms with Crippen molar-refractivity contribution in [3.63, 3.8) is 0 Å². The lowest BCUT2D eigenvalue weighted by Crippen LogP contribution is -2.40. The Bertz CT molecular complexity index is 869. The third-order valence-corrected chi connectivity index (χ3v) is 5.07. The largest absolute Gasteiger partial charge is 0.336 e. The van der Waals surface area contributed by atoms with Crippen molar-refractivity contribution in [2.75, 3.05) is 13.1 Å². The van der Waals surface area contributed by atoms with Crippen LogP contribution in [0.2, 0.25) is 0 Å². The van der Waals surface area contributed by atoms with E-state index in [9.17, 15) is 4.79 Å². The zero-order chi connectivity index (χ0) is 17.9. The monoisotopic (exact) mass is 349 g/mol. The fourth-order valence-corrected chi connectivity index (χ4v) is 3.72. The van der Waals surface area contributed by atoms with E-state index in [-0.39, 0.29) is 5.91 Å². The Morgan fingerprint density at radius 2 is 2.12 bits per heavy atom. The van der Waals surface area contributed by atoms with Gasteiger partial charge >= 0.3 is 0 Å². The Balaban J connectivity index is 1.59. The number of imidazole rings is 1. The molecule has 0 aliphatic carbocycles. The topological polar surface area (TPSA) is 56.0 Å². The van der Waals surface area contributed by atoms with Crippen molar-refractivity contribution in [3.05, 3.63) is 66.5 Å². The molecule has 1 unspecified atom stereocenters. The molecular formula is C20H23N5O. The number of piperidine rings is 1. The molecule has 3 aromatic rings. The molecule has 0 saturated carbocycles. The van der Waals surface area contributed by atoms with E-state index in [1.807, 2.05) is 52.4 Å². The van der Waals surface area contributed by atoms with Crippen molar-refractivity contribution in [3.8, 4) is 5.69 Å². The van der Waals surface area contributed by atoms with Crippen LogP contribution in [0.15, 0.2) is 55.2 Å². The fraction of sp³-hybridized carbons (Fsp3) is 0.350. The quantitative estimate of drug-likeness (QED) is 0.727. The van der Waals surface area contributed by atoms with Crippen LogP contribution in [0.4, 0.5) is 0 Å². The summed E-state index contributed by atoms with van der Waals surface area (Å²) in [5.41, 5.74) is 2.66. The van der Waals surface area contributed by atoms with Crippen LogP contribution in [-0.4, -0.2) is 43.2 Å². The Labute approximate surface area is 153 Å². The average Bonchev–Trinajstić information content (AvgIpc) is 3.38. The molecular weight excluding hydrogens is 326 g/mol. The zero-order valence-corrected chi connectivity index (χ0v) is 15.0. The van der Waals surface area contributed by atoms with Gasteiger partial charge in [-0.25, -0.2) is 9.67 Å². The highest BCUT2D eigenvalue weighted by Crippen LogP contribution is 2.24. The number of carbonyl (C=O) groups is 1. The summed E-state index contributed by atoms with van der Waals surface area (Å²) in [7, 11) is 0. The van der Waals surface area contributed by atoms with Crippen molar-refractivity contribution < 1.29 is 4.79 Å². The lowest BCUT2D eigenvalue weighted by atomic mass is 10.0. The second-order valence-electron chi connectivity index (χ2n) is 6.66. The molecule has 0 bridgehead atoms. The number of carbonyl (C=O) groups excluding carboxylic acids is 1. The maximum absolute atomic E-state index is 13.2. The normalized spacial score (nSPS) is 17.4. The molecule has 6 heteroatoms. The third-order valence-electron chi connectivity index (χ3n) is 5.07. The lowest BCUT2D eigenvalue weighted by Gasteiger charge is -2.33. The summed E-state index contributed by atoms with van der Waals surface area (Å²) in [5, 5.41) is 4.50. The molecule has 1 aromatic carbocycles. The van der Waals surface area contributed by atoms with Crippen molar-refractivity contribution >= 4 is 5.91 Å². The van der Waals surface area contributed by atoms with Crippen molar-refractivity contribution in [2.24, 2.45) is 0 Å². The van der Waals surface area contributed by atoms with E-state index >= 15 is 0 Å². The van der Waals surface area contributed by atoms with Crippen LogP contribution in [0, 0.1) is 0 Å². The minimum Gasteiger partial charge on any atom is -0.336 e. The van der Waals surface area contributed by atoms with Gasteiger partial charge in [-0.1, -0.05) is 25.1 Å². The number of hydrogen-bond donors (Lipinski definition) is 0. The SMILES string of the molecule is CCc1c(C(=O)N2CCCC(n3ccnc3)C2)cnn1-c1ccccc1. The van der Waals surface area contributed by atoms with Gasteiger partial charge in [0.2, 0.25) is 0 Å². The van der Waals surface area contributed by atoms with Gasteiger partial charge in [0.05, 0.1) is 35.5 Å². The summed E-state index contributed by atoms with van der Waals surface area (Å²) in [5.74, 6) is 0.0776. The summed E-state index contributed by atoms with van der Waals surface area (Å²) >= 11 is 0. The van der Waals surface area contributed by atoms with E-state index < -0.39 is 0 Å². The number of benzene rings is 1. The second-order valence-corrected chi connectivity index (χ2v) is 6.66. The van der Waals surface area contributed by atoms with Gasteiger partial charge in [-0.15, -0.1) is 0 Å². The van der Waals surface area contributed by atoms with Crippen molar-refractivity contribution in [1.29, 1.82) is 0 Å². The zero-order valence-electron chi connectivity index (χ0n) is 15.0. The highest BCUT2D eigenvalue weighted by molar-refractivity contribution is 5.95. The minimum atomic E-state index is 0.0776. The van der Waals surface area contributed by atoms with Crippen LogP contribution in [0.3, 0.4) is 0 Å². The average molecular weight is 349 g/mol. The van der Waals surface area contributed by atoms with E-state index in [1.54, 1.807) is 12.4 Å². The molecule has 134 valence electrons. The second kappa shape index (κ2) is 7.15. The molecule has 6 nitrogen and oxygen atoms in total. The number of nitrogens with zero attached hydrogens (tertiary/aromatic N) is 5. The van der Waals surface area contributed by atoms with E-state index in [1.165, 1.54) is 0 Å². The van der Waals surface area contributed by atoms with Crippen LogP contribution in [0.5, 0.6) is 0 Å². The first-order valence-electron chi connectivity index (χ1n) is 9.17. The van der Waals surface area contributed by atoms with Crippen molar-refractivity contribution in [1.82, 2.24) is 24.2 Å². The maximum Gasteiger partial charge on any atom is 0.257 e. The van der Waals surface area contributed by atoms with E-state index in [2.05, 4.69) is 21.6 Å². The lowest BCUT2D eigenvalue weighted by molar-refractivity contribution is 0.0678. The van der Waals surface area contributed by atoms with Gasteiger partial charge in [0, 0.05) is 25.5 Å². The first kappa shape index (κ1) is 16.6. The van der Waals surface area contributed by atoms with E-state index in [0.29, 0.717) is 11.6 Å². The standard InChI is InChI=1S/C20H23N5O/c1-2-19-18(13-22-25(19)16-7-4-3-5-8-16)20(26)23-11-6-9-17(14-23)24-12-10-21-15-24/h3-5,7-8,10,12-13,15,17H,2,6,9,11,14H2,1H3. The van der Waals surface area contributed by atoms with Crippen LogP contribution >= 0.6 is 0 Å². The van der Waals surface area contributed by atoms with Gasteiger partial charge in [-0.3, -0.25) is 4.79 Å². The maximum atomic E-state index is 13.2. The van der Waals surface area contributed by atoms with Gasteiger partial charge < -0.3 is 9.47 Å². The fourth-order valence-electron chi connectivity index (χ4n) is 3.72. The molecule has 1 atom stereocenters. The molecule has 1 saturated heterocycles. The van der Waals surface area contributed by atoms with Gasteiger partial charge in [-0.2, -0.15) is 5.10 Å². The Hall–Kier alpha value is -2.89. The first-order chi connectivity index (χ1) is 12.8. The minimum absolute atomic E-state index is 0.0776. The summed E-state index contributed by atoms with van der Waals surface area (Å²) in [4.78, 5) is 19.3. The number of aromatic nitrogens is 4. The first-order valence-corrected chi connectivity index (χ1v) is 9.17. The summed E-state index contributed by atoms with van der Waals surface area (Å²) in [6.45, 7) is 3.58. The van der Waals surface area contributed by atoms with Crippen LogP contribution < -0.4 is 0 Å². The number of para-hydroxylation sites is 1. The molecule has 0 spiro atoms. The number of amides is 1. The summed E-state index contributed by atoms with van der Waals surface area (Å²) in [6, 6.07) is 10.3. The van der Waals surface area contributed by atoms with Gasteiger partial charge in [-0.05, 0) is 31.4 Å². The molecule has 3 heterocycles.